The molecule has 0 aliphatic carbocycles. The summed E-state index contributed by atoms with van der Waals surface area (Å²) in [6, 6.07) is 3.79. The number of hydrogen-bond donors (Lipinski definition) is 0. The van der Waals surface area contributed by atoms with Crippen LogP contribution in [0.15, 0.2) is 17.1 Å². The third-order valence-corrected chi connectivity index (χ3v) is 1.78. The fourth-order valence-corrected chi connectivity index (χ4v) is 1.19. The van der Waals surface area contributed by atoms with Gasteiger partial charge in [-0.2, -0.15) is 0 Å². The molecule has 0 spiro atoms. The molecule has 0 fully saturated rings. The van der Waals surface area contributed by atoms with Crippen LogP contribution in [0.1, 0.15) is 11.3 Å². The molecule has 14 heavy (non-hydrogen) atoms. The van der Waals surface area contributed by atoms with Gasteiger partial charge in [-0.1, -0.05) is 0 Å². The summed E-state index contributed by atoms with van der Waals surface area (Å²) >= 11 is 0. The van der Waals surface area contributed by atoms with E-state index in [2.05, 4.69) is 9.98 Å². The van der Waals surface area contributed by atoms with Gasteiger partial charge >= 0.3 is 0 Å². The van der Waals surface area contributed by atoms with Gasteiger partial charge in [-0.15, -0.1) is 0 Å². The molecule has 0 aromatic carbocycles. The van der Waals surface area contributed by atoms with Gasteiger partial charge in [0.2, 0.25) is 12.0 Å². The minimum Gasteiger partial charge on any atom is -0.481 e. The molecule has 0 amide bonds. The van der Waals surface area contributed by atoms with Gasteiger partial charge < -0.3 is 4.74 Å². The molecular formula is C10H12N2O2. The number of methoxy groups -OCH3 is 1. The normalized spacial score (nSPS) is 9.29. The van der Waals surface area contributed by atoms with Crippen molar-refractivity contribution in [3.63, 3.8) is 0 Å². The molecule has 0 atom stereocenters. The summed E-state index contributed by atoms with van der Waals surface area (Å²) < 4.78 is 5.02. The average Bonchev–Trinajstić information content (AvgIpc) is 2.17. The van der Waals surface area contributed by atoms with E-state index < -0.39 is 0 Å². The Morgan fingerprint density at radius 1 is 1.57 bits per heavy atom. The molecule has 0 radical (unpaired) electrons. The highest BCUT2D eigenvalue weighted by atomic mass is 16.5. The Bertz CT molecular complexity index is 357. The lowest BCUT2D eigenvalue weighted by Crippen LogP contribution is -1.95. The van der Waals surface area contributed by atoms with Crippen molar-refractivity contribution in [2.24, 2.45) is 4.99 Å². The van der Waals surface area contributed by atoms with Crippen LogP contribution in [0.2, 0.25) is 0 Å². The van der Waals surface area contributed by atoms with E-state index >= 15 is 0 Å². The predicted octanol–water partition coefficient (Wildman–Crippen LogP) is 1.28. The summed E-state index contributed by atoms with van der Waals surface area (Å²) in [6.07, 6.45) is 2.21. The van der Waals surface area contributed by atoms with Gasteiger partial charge in [0.15, 0.2) is 0 Å². The summed E-state index contributed by atoms with van der Waals surface area (Å²) in [4.78, 5) is 17.5. The Balaban J connectivity index is 2.75. The van der Waals surface area contributed by atoms with Crippen molar-refractivity contribution in [1.29, 1.82) is 0 Å². The summed E-state index contributed by atoms with van der Waals surface area (Å²) in [6.45, 7) is 2.35. The number of pyridine rings is 1. The molecule has 1 aromatic rings. The zero-order chi connectivity index (χ0) is 10.4. The number of ether oxygens (including phenoxy) is 1. The number of isocyanates is 1. The number of aliphatic imine (C=N–C) groups is 1. The second-order valence-electron chi connectivity index (χ2n) is 2.88. The van der Waals surface area contributed by atoms with Crippen LogP contribution in [0, 0.1) is 6.92 Å². The van der Waals surface area contributed by atoms with E-state index in [4.69, 9.17) is 4.74 Å². The monoisotopic (exact) mass is 192 g/mol. The fourth-order valence-electron chi connectivity index (χ4n) is 1.19. The SMILES string of the molecule is COc1cc(CCN=C=O)cc(C)n1. The van der Waals surface area contributed by atoms with Gasteiger partial charge in [0.1, 0.15) is 0 Å². The Labute approximate surface area is 82.6 Å². The maximum Gasteiger partial charge on any atom is 0.234 e. The van der Waals surface area contributed by atoms with Gasteiger partial charge in [0.25, 0.3) is 0 Å². The number of hydrogen-bond acceptors (Lipinski definition) is 4. The van der Waals surface area contributed by atoms with Crippen molar-refractivity contribution >= 4 is 6.08 Å². The molecule has 4 heteroatoms. The number of rotatable bonds is 4. The van der Waals surface area contributed by atoms with Gasteiger partial charge in [0.05, 0.1) is 13.7 Å². The Kier molecular flexibility index (Phi) is 3.83. The Morgan fingerprint density at radius 3 is 3.00 bits per heavy atom. The number of aromatic nitrogens is 1. The molecule has 0 aliphatic rings. The molecule has 1 rings (SSSR count). The topological polar surface area (TPSA) is 51.5 Å². The molecular weight excluding hydrogens is 180 g/mol. The molecule has 0 saturated heterocycles. The second kappa shape index (κ2) is 5.14. The Morgan fingerprint density at radius 2 is 2.36 bits per heavy atom. The lowest BCUT2D eigenvalue weighted by molar-refractivity contribution is 0.396. The van der Waals surface area contributed by atoms with E-state index in [0.29, 0.717) is 18.8 Å². The molecule has 0 bridgehead atoms. The van der Waals surface area contributed by atoms with Crippen molar-refractivity contribution in [1.82, 2.24) is 4.98 Å². The quantitative estimate of drug-likeness (QED) is 0.533. The third kappa shape index (κ3) is 2.99. The highest BCUT2D eigenvalue weighted by molar-refractivity contribution is 5.33. The summed E-state index contributed by atoms with van der Waals surface area (Å²) in [5.74, 6) is 0.593. The lowest BCUT2D eigenvalue weighted by atomic mass is 10.2. The molecule has 0 aliphatic heterocycles. The molecule has 0 unspecified atom stereocenters. The molecule has 0 N–H and O–H groups in total. The molecule has 0 saturated carbocycles. The van der Waals surface area contributed by atoms with Crippen molar-refractivity contribution in [3.05, 3.63) is 23.4 Å². The maximum atomic E-state index is 9.86. The van der Waals surface area contributed by atoms with Crippen molar-refractivity contribution in [2.45, 2.75) is 13.3 Å². The number of nitrogens with zero attached hydrogens (tertiary/aromatic N) is 2. The smallest absolute Gasteiger partial charge is 0.234 e. The number of carbonyl (C=O) groups excluding carboxylic acids is 1. The van der Waals surface area contributed by atoms with Crippen LogP contribution in [0.3, 0.4) is 0 Å². The minimum absolute atomic E-state index is 0.454. The van der Waals surface area contributed by atoms with Crippen LogP contribution in [0.4, 0.5) is 0 Å². The van der Waals surface area contributed by atoms with E-state index in [0.717, 1.165) is 11.3 Å². The summed E-state index contributed by atoms with van der Waals surface area (Å²) in [7, 11) is 1.58. The molecule has 1 heterocycles. The van der Waals surface area contributed by atoms with Crippen LogP contribution in [0.25, 0.3) is 0 Å². The maximum absolute atomic E-state index is 9.86. The van der Waals surface area contributed by atoms with E-state index in [1.807, 2.05) is 19.1 Å². The van der Waals surface area contributed by atoms with Gasteiger partial charge in [-0.05, 0) is 25.0 Å². The largest absolute Gasteiger partial charge is 0.481 e. The fraction of sp³-hybridized carbons (Fsp3) is 0.400. The second-order valence-corrected chi connectivity index (χ2v) is 2.88. The first kappa shape index (κ1) is 10.4. The average molecular weight is 192 g/mol. The first-order chi connectivity index (χ1) is 6.76. The van der Waals surface area contributed by atoms with E-state index in [-0.39, 0.29) is 0 Å². The predicted molar refractivity (Wildman–Crippen MR) is 52.2 cm³/mol. The third-order valence-electron chi connectivity index (χ3n) is 1.78. The zero-order valence-electron chi connectivity index (χ0n) is 8.28. The first-order valence-corrected chi connectivity index (χ1v) is 4.31. The summed E-state index contributed by atoms with van der Waals surface area (Å²) in [5, 5.41) is 0. The Hall–Kier alpha value is -1.67. The van der Waals surface area contributed by atoms with E-state index in [1.54, 1.807) is 7.11 Å². The molecule has 4 nitrogen and oxygen atoms in total. The van der Waals surface area contributed by atoms with Gasteiger partial charge in [-0.3, -0.25) is 0 Å². The van der Waals surface area contributed by atoms with Crippen LogP contribution in [-0.2, 0) is 11.2 Å². The highest BCUT2D eigenvalue weighted by Gasteiger charge is 1.99. The van der Waals surface area contributed by atoms with Crippen LogP contribution >= 0.6 is 0 Å². The lowest BCUT2D eigenvalue weighted by Gasteiger charge is -2.03. The number of aryl methyl sites for hydroxylation is 1. The van der Waals surface area contributed by atoms with Crippen LogP contribution in [0.5, 0.6) is 5.88 Å². The van der Waals surface area contributed by atoms with Crippen molar-refractivity contribution < 1.29 is 9.53 Å². The zero-order valence-corrected chi connectivity index (χ0v) is 8.28. The summed E-state index contributed by atoms with van der Waals surface area (Å²) in [5.41, 5.74) is 1.96. The van der Waals surface area contributed by atoms with Crippen molar-refractivity contribution in [2.75, 3.05) is 13.7 Å². The van der Waals surface area contributed by atoms with Crippen molar-refractivity contribution in [3.8, 4) is 5.88 Å². The van der Waals surface area contributed by atoms with E-state index in [9.17, 15) is 4.79 Å². The minimum atomic E-state index is 0.454. The van der Waals surface area contributed by atoms with Crippen LogP contribution in [-0.4, -0.2) is 24.7 Å². The van der Waals surface area contributed by atoms with Gasteiger partial charge in [0, 0.05) is 11.8 Å². The molecule has 1 aromatic heterocycles. The first-order valence-electron chi connectivity index (χ1n) is 4.31. The standard InChI is InChI=1S/C10H12N2O2/c1-8-5-9(3-4-11-7-13)6-10(12-8)14-2/h5-6H,3-4H2,1-2H3. The van der Waals surface area contributed by atoms with E-state index in [1.165, 1.54) is 6.08 Å². The van der Waals surface area contributed by atoms with Crippen LogP contribution < -0.4 is 4.74 Å². The molecule has 74 valence electrons. The van der Waals surface area contributed by atoms with Gasteiger partial charge in [-0.25, -0.2) is 14.8 Å². The highest BCUT2D eigenvalue weighted by Crippen LogP contribution is 2.12.